The topological polar surface area (TPSA) is 34.1 Å². The molecule has 0 saturated carbocycles. The molecule has 0 aliphatic heterocycles. The molecule has 11 heteroatoms. The Kier molecular flexibility index (Phi) is 7.90. The molecule has 2 aromatic carbocycles. The summed E-state index contributed by atoms with van der Waals surface area (Å²) in [5.74, 6) is -5.24. The van der Waals surface area contributed by atoms with E-state index in [1.807, 2.05) is 0 Å². The van der Waals surface area contributed by atoms with Gasteiger partial charge in [0.05, 0.1) is 28.1 Å². The number of rotatable bonds is 3. The Morgan fingerprint density at radius 2 is 1.17 bits per heavy atom. The van der Waals surface area contributed by atoms with Crippen molar-refractivity contribution >= 4 is 23.2 Å². The van der Waals surface area contributed by atoms with Crippen molar-refractivity contribution in [1.82, 2.24) is 0 Å². The van der Waals surface area contributed by atoms with Crippen molar-refractivity contribution in [2.24, 2.45) is 0 Å². The number of alkyl halides is 7. The minimum absolute atomic E-state index is 0.542. The van der Waals surface area contributed by atoms with E-state index >= 15 is 0 Å². The number of hydrogen-bond acceptors (Lipinski definition) is 2. The fraction of sp³-hybridized carbons (Fsp3) is 0.222. The van der Waals surface area contributed by atoms with Gasteiger partial charge in [0.25, 0.3) is 0 Å². The molecule has 2 rings (SSSR count). The minimum atomic E-state index is -4.81. The summed E-state index contributed by atoms with van der Waals surface area (Å²) in [5.41, 5.74) is -4.05. The highest BCUT2D eigenvalue weighted by atomic mass is 35.5. The van der Waals surface area contributed by atoms with Gasteiger partial charge in [-0.2, -0.15) is 26.3 Å². The smallest absolute Gasteiger partial charge is 0.294 e. The Balaban J connectivity index is 0.000000291. The number of carbonyl (C=O) groups is 2. The predicted molar refractivity (Wildman–Crippen MR) is 87.9 cm³/mol. The zero-order valence-electron chi connectivity index (χ0n) is 14.4. The summed E-state index contributed by atoms with van der Waals surface area (Å²) in [7, 11) is 0. The molecule has 0 spiro atoms. The Morgan fingerprint density at radius 3 is 1.52 bits per heavy atom. The monoisotopic (exact) mass is 446 g/mol. The second-order valence-corrected chi connectivity index (χ2v) is 5.71. The first-order valence-electron chi connectivity index (χ1n) is 7.53. The maximum Gasteiger partial charge on any atom is 0.419 e. The first-order valence-corrected chi connectivity index (χ1v) is 8.06. The van der Waals surface area contributed by atoms with Gasteiger partial charge in [-0.05, 0) is 31.2 Å². The quantitative estimate of drug-likeness (QED) is 0.314. The van der Waals surface area contributed by atoms with Crippen LogP contribution in [0, 0.1) is 11.6 Å². The highest BCUT2D eigenvalue weighted by Crippen LogP contribution is 2.33. The first-order chi connectivity index (χ1) is 13.2. The van der Waals surface area contributed by atoms with E-state index in [4.69, 9.17) is 11.6 Å². The van der Waals surface area contributed by atoms with Crippen molar-refractivity contribution in [3.05, 3.63) is 70.3 Å². The molecule has 0 bridgehead atoms. The normalized spacial score (nSPS) is 11.5. The van der Waals surface area contributed by atoms with Crippen molar-refractivity contribution in [2.75, 3.05) is 5.88 Å². The molecule has 0 aromatic heterocycles. The van der Waals surface area contributed by atoms with Crippen LogP contribution in [0.5, 0.6) is 0 Å². The van der Waals surface area contributed by atoms with E-state index < -0.39 is 63.7 Å². The van der Waals surface area contributed by atoms with Crippen molar-refractivity contribution in [1.29, 1.82) is 0 Å². The Morgan fingerprint density at radius 1 is 0.793 bits per heavy atom. The lowest BCUT2D eigenvalue weighted by Gasteiger charge is -2.09. The maximum absolute atomic E-state index is 13.2. The third-order valence-electron chi connectivity index (χ3n) is 3.41. The summed E-state index contributed by atoms with van der Waals surface area (Å²) < 4.78 is 99.3. The van der Waals surface area contributed by atoms with Crippen LogP contribution < -0.4 is 0 Å². The standard InChI is InChI=1S/C9H5ClF4O.C9H6F4O/c10-4-7(15)5-2-1-3-6(8(5)11)9(12,13)14;1-5(14)6-3-2-4-7(8(6)10)9(11,12)13/h1-3H,4H2;2-4H,1H3. The van der Waals surface area contributed by atoms with Gasteiger partial charge in [0.15, 0.2) is 11.6 Å². The molecule has 158 valence electrons. The van der Waals surface area contributed by atoms with E-state index in [1.54, 1.807) is 0 Å². The highest BCUT2D eigenvalue weighted by molar-refractivity contribution is 6.30. The van der Waals surface area contributed by atoms with Crippen LogP contribution >= 0.6 is 11.6 Å². The molecule has 2 nitrogen and oxygen atoms in total. The van der Waals surface area contributed by atoms with Crippen molar-refractivity contribution < 1.29 is 44.7 Å². The molecular weight excluding hydrogens is 436 g/mol. The lowest BCUT2D eigenvalue weighted by atomic mass is 10.1. The Bertz CT molecular complexity index is 904. The predicted octanol–water partition coefficient (Wildman–Crippen LogP) is 6.31. The van der Waals surface area contributed by atoms with Gasteiger partial charge in [-0.25, -0.2) is 8.78 Å². The second-order valence-electron chi connectivity index (χ2n) is 5.44. The minimum Gasteiger partial charge on any atom is -0.294 e. The number of carbonyl (C=O) groups excluding carboxylic acids is 2. The van der Waals surface area contributed by atoms with Crippen LogP contribution in [0.15, 0.2) is 36.4 Å². The maximum atomic E-state index is 13.2. The van der Waals surface area contributed by atoms with Crippen LogP contribution in [0.25, 0.3) is 0 Å². The average Bonchev–Trinajstić information content (AvgIpc) is 2.59. The molecule has 2 aromatic rings. The zero-order valence-corrected chi connectivity index (χ0v) is 15.1. The SMILES string of the molecule is CC(=O)c1cccc(C(F)(F)F)c1F.O=C(CCl)c1cccc(C(F)(F)F)c1F. The fourth-order valence-corrected chi connectivity index (χ4v) is 2.21. The molecular formula is C18H11ClF8O2. The Labute approximate surface area is 164 Å². The molecule has 0 heterocycles. The van der Waals surface area contributed by atoms with Gasteiger partial charge in [0, 0.05) is 0 Å². The van der Waals surface area contributed by atoms with Crippen molar-refractivity contribution in [3.8, 4) is 0 Å². The molecule has 0 atom stereocenters. The molecule has 29 heavy (non-hydrogen) atoms. The molecule has 0 radical (unpaired) electrons. The summed E-state index contributed by atoms with van der Waals surface area (Å²) in [5, 5.41) is 0. The van der Waals surface area contributed by atoms with E-state index in [0.29, 0.717) is 12.1 Å². The van der Waals surface area contributed by atoms with E-state index in [9.17, 15) is 44.7 Å². The third-order valence-corrected chi connectivity index (χ3v) is 3.65. The average molecular weight is 447 g/mol. The molecule has 0 unspecified atom stereocenters. The molecule has 0 fully saturated rings. The van der Waals surface area contributed by atoms with E-state index in [-0.39, 0.29) is 0 Å². The molecule has 0 saturated heterocycles. The van der Waals surface area contributed by atoms with Gasteiger partial charge in [-0.15, -0.1) is 11.6 Å². The number of hydrogen-bond donors (Lipinski definition) is 0. The van der Waals surface area contributed by atoms with Gasteiger partial charge >= 0.3 is 12.4 Å². The van der Waals surface area contributed by atoms with Crippen LogP contribution in [0.2, 0.25) is 0 Å². The van der Waals surface area contributed by atoms with Crippen LogP contribution in [0.4, 0.5) is 35.1 Å². The van der Waals surface area contributed by atoms with Crippen molar-refractivity contribution in [3.63, 3.8) is 0 Å². The van der Waals surface area contributed by atoms with Crippen LogP contribution in [-0.4, -0.2) is 17.4 Å². The van der Waals surface area contributed by atoms with Gasteiger partial charge < -0.3 is 0 Å². The van der Waals surface area contributed by atoms with E-state index in [1.165, 1.54) is 0 Å². The lowest BCUT2D eigenvalue weighted by molar-refractivity contribution is -0.140. The zero-order chi connectivity index (χ0) is 22.6. The van der Waals surface area contributed by atoms with Crippen LogP contribution in [-0.2, 0) is 12.4 Å². The van der Waals surface area contributed by atoms with Gasteiger partial charge in [0.1, 0.15) is 11.6 Å². The summed E-state index contributed by atoms with van der Waals surface area (Å²) in [6.07, 6.45) is -9.58. The highest BCUT2D eigenvalue weighted by Gasteiger charge is 2.36. The number of benzene rings is 2. The number of ketones is 2. The molecule has 0 amide bonds. The largest absolute Gasteiger partial charge is 0.419 e. The van der Waals surface area contributed by atoms with Crippen molar-refractivity contribution in [2.45, 2.75) is 19.3 Å². The molecule has 0 N–H and O–H groups in total. The lowest BCUT2D eigenvalue weighted by Crippen LogP contribution is -2.12. The summed E-state index contributed by atoms with van der Waals surface area (Å²) in [4.78, 5) is 21.7. The van der Waals surface area contributed by atoms with Gasteiger partial charge in [0.2, 0.25) is 0 Å². The molecule has 0 aliphatic rings. The van der Waals surface area contributed by atoms with Crippen LogP contribution in [0.3, 0.4) is 0 Å². The summed E-state index contributed by atoms with van der Waals surface area (Å²) in [6.45, 7) is 1.01. The van der Waals surface area contributed by atoms with E-state index in [2.05, 4.69) is 0 Å². The molecule has 0 aliphatic carbocycles. The van der Waals surface area contributed by atoms with Gasteiger partial charge in [-0.3, -0.25) is 9.59 Å². The summed E-state index contributed by atoms with van der Waals surface area (Å²) in [6, 6.07) is 5.12. The second kappa shape index (κ2) is 9.34. The van der Waals surface area contributed by atoms with E-state index in [0.717, 1.165) is 31.2 Å². The number of Topliss-reactive ketones (excluding diaryl/α,β-unsaturated/α-hetero) is 2. The fourth-order valence-electron chi connectivity index (χ4n) is 2.06. The Hall–Kier alpha value is -2.49. The van der Waals surface area contributed by atoms with Crippen LogP contribution in [0.1, 0.15) is 38.8 Å². The number of halogens is 9. The van der Waals surface area contributed by atoms with Gasteiger partial charge in [-0.1, -0.05) is 12.1 Å². The third kappa shape index (κ3) is 6.25. The summed E-state index contributed by atoms with van der Waals surface area (Å²) >= 11 is 5.13. The first kappa shape index (κ1) is 24.5.